The lowest BCUT2D eigenvalue weighted by Gasteiger charge is -2.18. The average molecular weight is 404 g/mol. The van der Waals surface area contributed by atoms with Crippen LogP contribution in [0.4, 0.5) is 10.1 Å². The standard InChI is InChI=1S/C24H21FN2O3/c1-30-21-9-4-16(5-10-21)14-26-24(29)18-6-11-22-19(12-18)13-23(28)27(22)15-17-2-7-20(25)8-3-17/h2-12H,13-15H2,1H3,(H,26,29). The van der Waals surface area contributed by atoms with E-state index in [1.165, 1.54) is 12.1 Å². The van der Waals surface area contributed by atoms with Crippen LogP contribution in [0.15, 0.2) is 66.7 Å². The lowest BCUT2D eigenvalue weighted by molar-refractivity contribution is -0.117. The number of ether oxygens (including phenoxy) is 1. The average Bonchev–Trinajstić information content (AvgIpc) is 3.08. The molecule has 2 amide bonds. The second-order valence-electron chi connectivity index (χ2n) is 7.16. The second-order valence-corrected chi connectivity index (χ2v) is 7.16. The van der Waals surface area contributed by atoms with Gasteiger partial charge >= 0.3 is 0 Å². The number of nitrogens with one attached hydrogen (secondary N) is 1. The maximum Gasteiger partial charge on any atom is 0.251 e. The molecule has 1 aliphatic rings. The zero-order valence-electron chi connectivity index (χ0n) is 16.5. The molecule has 0 saturated carbocycles. The largest absolute Gasteiger partial charge is 0.497 e. The van der Waals surface area contributed by atoms with Gasteiger partial charge < -0.3 is 15.0 Å². The molecule has 5 nitrogen and oxygen atoms in total. The first-order valence-electron chi connectivity index (χ1n) is 9.62. The van der Waals surface area contributed by atoms with Gasteiger partial charge in [-0.2, -0.15) is 0 Å². The number of amides is 2. The molecule has 30 heavy (non-hydrogen) atoms. The van der Waals surface area contributed by atoms with Crippen molar-refractivity contribution in [3.8, 4) is 5.75 Å². The molecule has 0 saturated heterocycles. The van der Waals surface area contributed by atoms with Crippen LogP contribution in [0.5, 0.6) is 5.75 Å². The molecule has 1 aliphatic heterocycles. The van der Waals surface area contributed by atoms with E-state index >= 15 is 0 Å². The Morgan fingerprint density at radius 2 is 1.73 bits per heavy atom. The van der Waals surface area contributed by atoms with Crippen LogP contribution in [0.3, 0.4) is 0 Å². The molecule has 6 heteroatoms. The van der Waals surface area contributed by atoms with E-state index in [4.69, 9.17) is 4.74 Å². The quantitative estimate of drug-likeness (QED) is 0.679. The van der Waals surface area contributed by atoms with Crippen molar-refractivity contribution in [2.45, 2.75) is 19.5 Å². The first kappa shape index (κ1) is 19.6. The summed E-state index contributed by atoms with van der Waals surface area (Å²) in [7, 11) is 1.61. The lowest BCUT2D eigenvalue weighted by atomic mass is 10.1. The summed E-state index contributed by atoms with van der Waals surface area (Å²) in [6.45, 7) is 0.769. The molecule has 0 aromatic heterocycles. The highest BCUT2D eigenvalue weighted by Crippen LogP contribution is 2.31. The van der Waals surface area contributed by atoms with Crippen LogP contribution >= 0.6 is 0 Å². The first-order valence-corrected chi connectivity index (χ1v) is 9.62. The number of hydrogen-bond donors (Lipinski definition) is 1. The van der Waals surface area contributed by atoms with Gasteiger partial charge in [0.15, 0.2) is 0 Å². The van der Waals surface area contributed by atoms with Gasteiger partial charge in [0.2, 0.25) is 5.91 Å². The van der Waals surface area contributed by atoms with E-state index in [1.807, 2.05) is 24.3 Å². The predicted octanol–water partition coefficient (Wildman–Crippen LogP) is 3.85. The fourth-order valence-corrected chi connectivity index (χ4v) is 3.50. The van der Waals surface area contributed by atoms with Crippen molar-refractivity contribution in [3.05, 3.63) is 94.8 Å². The van der Waals surface area contributed by atoms with Crippen LogP contribution in [-0.2, 0) is 24.3 Å². The molecule has 0 bridgehead atoms. The number of methoxy groups -OCH3 is 1. The normalized spacial score (nSPS) is 12.6. The maximum absolute atomic E-state index is 13.1. The van der Waals surface area contributed by atoms with Crippen LogP contribution < -0.4 is 15.0 Å². The summed E-state index contributed by atoms with van der Waals surface area (Å²) < 4.78 is 18.2. The minimum Gasteiger partial charge on any atom is -0.497 e. The number of nitrogens with zero attached hydrogens (tertiary/aromatic N) is 1. The van der Waals surface area contributed by atoms with Crippen molar-refractivity contribution in [1.29, 1.82) is 0 Å². The molecule has 0 spiro atoms. The Bertz CT molecular complexity index is 1080. The number of hydrogen-bond acceptors (Lipinski definition) is 3. The van der Waals surface area contributed by atoms with Crippen LogP contribution in [0.25, 0.3) is 0 Å². The monoisotopic (exact) mass is 404 g/mol. The van der Waals surface area contributed by atoms with Crippen LogP contribution in [0.2, 0.25) is 0 Å². The van der Waals surface area contributed by atoms with E-state index in [0.717, 1.165) is 28.1 Å². The van der Waals surface area contributed by atoms with Crippen LogP contribution in [-0.4, -0.2) is 18.9 Å². The van der Waals surface area contributed by atoms with Gasteiger partial charge in [0.05, 0.1) is 20.1 Å². The molecular formula is C24H21FN2O3. The van der Waals surface area contributed by atoms with Gasteiger partial charge in [-0.25, -0.2) is 4.39 Å². The highest BCUT2D eigenvalue weighted by molar-refractivity contribution is 6.03. The third-order valence-electron chi connectivity index (χ3n) is 5.14. The summed E-state index contributed by atoms with van der Waals surface area (Å²) in [4.78, 5) is 26.7. The number of carbonyl (C=O) groups is 2. The van der Waals surface area contributed by atoms with E-state index < -0.39 is 0 Å². The molecule has 1 heterocycles. The van der Waals surface area contributed by atoms with Gasteiger partial charge in [-0.1, -0.05) is 24.3 Å². The molecule has 0 unspecified atom stereocenters. The van der Waals surface area contributed by atoms with Crippen LogP contribution in [0.1, 0.15) is 27.0 Å². The first-order chi connectivity index (χ1) is 14.5. The molecule has 4 rings (SSSR count). The topological polar surface area (TPSA) is 58.6 Å². The summed E-state index contributed by atoms with van der Waals surface area (Å²) in [5.41, 5.74) is 3.93. The number of benzene rings is 3. The van der Waals surface area contributed by atoms with Crippen molar-refractivity contribution in [2.75, 3.05) is 12.0 Å². The SMILES string of the molecule is COc1ccc(CNC(=O)c2ccc3c(c2)CC(=O)N3Cc2ccc(F)cc2)cc1. The van der Waals surface area contributed by atoms with Gasteiger partial charge in [0.1, 0.15) is 11.6 Å². The lowest BCUT2D eigenvalue weighted by Crippen LogP contribution is -2.26. The van der Waals surface area contributed by atoms with E-state index in [0.29, 0.717) is 18.7 Å². The number of anilines is 1. The summed E-state index contributed by atoms with van der Waals surface area (Å²) in [5, 5.41) is 2.90. The summed E-state index contributed by atoms with van der Waals surface area (Å²) >= 11 is 0. The van der Waals surface area contributed by atoms with Gasteiger partial charge in [0.25, 0.3) is 5.91 Å². The van der Waals surface area contributed by atoms with E-state index in [2.05, 4.69) is 5.32 Å². The van der Waals surface area contributed by atoms with Gasteiger partial charge in [-0.15, -0.1) is 0 Å². The van der Waals surface area contributed by atoms with Crippen molar-refractivity contribution in [1.82, 2.24) is 5.32 Å². The molecule has 1 N–H and O–H groups in total. The third-order valence-corrected chi connectivity index (χ3v) is 5.14. The maximum atomic E-state index is 13.1. The summed E-state index contributed by atoms with van der Waals surface area (Å²) in [6, 6.07) is 18.9. The molecule has 152 valence electrons. The fraction of sp³-hybridized carbons (Fsp3) is 0.167. The number of fused-ring (bicyclic) bond motifs is 1. The third kappa shape index (κ3) is 4.17. The minimum absolute atomic E-state index is 0.0369. The Hall–Kier alpha value is -3.67. The molecule has 0 atom stereocenters. The van der Waals surface area contributed by atoms with Gasteiger partial charge in [0, 0.05) is 17.8 Å². The van der Waals surface area contributed by atoms with Gasteiger partial charge in [-0.3, -0.25) is 9.59 Å². The number of halogens is 1. The molecule has 3 aromatic rings. The highest BCUT2D eigenvalue weighted by Gasteiger charge is 2.28. The fourth-order valence-electron chi connectivity index (χ4n) is 3.50. The van der Waals surface area contributed by atoms with E-state index in [-0.39, 0.29) is 24.1 Å². The van der Waals surface area contributed by atoms with E-state index in [9.17, 15) is 14.0 Å². The molecular weight excluding hydrogens is 383 g/mol. The summed E-state index contributed by atoms with van der Waals surface area (Å²) in [6.07, 6.45) is 0.246. The molecule has 0 fully saturated rings. The second kappa shape index (κ2) is 8.37. The van der Waals surface area contributed by atoms with Crippen molar-refractivity contribution >= 4 is 17.5 Å². The van der Waals surface area contributed by atoms with Crippen molar-refractivity contribution in [2.24, 2.45) is 0 Å². The molecule has 0 radical (unpaired) electrons. The highest BCUT2D eigenvalue weighted by atomic mass is 19.1. The Morgan fingerprint density at radius 3 is 2.43 bits per heavy atom. The smallest absolute Gasteiger partial charge is 0.251 e. The van der Waals surface area contributed by atoms with E-state index in [1.54, 1.807) is 42.3 Å². The zero-order chi connectivity index (χ0) is 21.1. The Kier molecular flexibility index (Phi) is 5.48. The Balaban J connectivity index is 1.44. The van der Waals surface area contributed by atoms with Gasteiger partial charge in [-0.05, 0) is 59.2 Å². The van der Waals surface area contributed by atoms with Crippen molar-refractivity contribution in [3.63, 3.8) is 0 Å². The minimum atomic E-state index is -0.308. The Morgan fingerprint density at radius 1 is 1.03 bits per heavy atom. The zero-order valence-corrected chi connectivity index (χ0v) is 16.5. The number of carbonyl (C=O) groups excluding carboxylic acids is 2. The number of rotatable bonds is 6. The Labute approximate surface area is 174 Å². The summed E-state index contributed by atoms with van der Waals surface area (Å²) in [5.74, 6) is 0.221. The molecule has 0 aliphatic carbocycles. The molecule has 3 aromatic carbocycles. The predicted molar refractivity (Wildman–Crippen MR) is 112 cm³/mol. The van der Waals surface area contributed by atoms with Crippen LogP contribution in [0, 0.1) is 5.82 Å². The van der Waals surface area contributed by atoms with Crippen molar-refractivity contribution < 1.29 is 18.7 Å².